The molecule has 0 saturated carbocycles. The van der Waals surface area contributed by atoms with E-state index >= 15 is 0 Å². The molecule has 8 aromatic rings. The van der Waals surface area contributed by atoms with Gasteiger partial charge >= 0.3 is 0 Å². The predicted molar refractivity (Wildman–Crippen MR) is 196 cm³/mol. The third kappa shape index (κ3) is 3.56. The Morgan fingerprint density at radius 3 is 2.36 bits per heavy atom. The number of aromatic amines is 1. The van der Waals surface area contributed by atoms with Gasteiger partial charge in [-0.15, -0.1) is 11.3 Å². The molecule has 0 fully saturated rings. The predicted octanol–water partition coefficient (Wildman–Crippen LogP) is 12.1. The normalized spacial score (nSPS) is 13.8. The molecule has 0 unspecified atom stereocenters. The molecule has 3 heterocycles. The molecule has 2 nitrogen and oxygen atoms in total. The zero-order valence-corrected chi connectivity index (χ0v) is 26.4. The molecule has 9 rings (SSSR count). The van der Waals surface area contributed by atoms with Gasteiger partial charge in [-0.05, 0) is 77.2 Å². The van der Waals surface area contributed by atoms with Crippen LogP contribution in [-0.4, -0.2) is 9.55 Å². The van der Waals surface area contributed by atoms with Gasteiger partial charge in [0, 0.05) is 58.8 Å². The quantitative estimate of drug-likeness (QED) is 0.209. The Labute approximate surface area is 266 Å². The standard InChI is InChI=1S/C42H32N2S/c1-5-13-38-27(6-2)29-18-12-17-28(41(29)45-38)25-20-21-35-31(22-25)32-24-37-33(23-36(32)43-35)39-40(44(37)26-14-8-7-9-15-26)30-16-10-11-19-34(30)42(39,3)4/h5-24,43H,2H2,1,3-4H3/b13-5-. The smallest absolute Gasteiger partial charge is 0.0585 e. The molecule has 0 bridgehead atoms. The molecule has 5 aromatic carbocycles. The van der Waals surface area contributed by atoms with Crippen LogP contribution in [-0.2, 0) is 5.41 Å². The molecule has 0 spiro atoms. The molecule has 216 valence electrons. The highest BCUT2D eigenvalue weighted by Crippen LogP contribution is 2.54. The van der Waals surface area contributed by atoms with Crippen molar-refractivity contribution in [2.24, 2.45) is 0 Å². The minimum absolute atomic E-state index is 0.105. The Morgan fingerprint density at radius 2 is 1.53 bits per heavy atom. The maximum absolute atomic E-state index is 4.13. The topological polar surface area (TPSA) is 20.7 Å². The summed E-state index contributed by atoms with van der Waals surface area (Å²) in [7, 11) is 0. The first-order valence-corrected chi connectivity index (χ1v) is 16.4. The van der Waals surface area contributed by atoms with E-state index in [1.54, 1.807) is 0 Å². The molecule has 3 heteroatoms. The minimum Gasteiger partial charge on any atom is -0.354 e. The Bertz CT molecular complexity index is 2530. The number of allylic oxidation sites excluding steroid dienone is 1. The lowest BCUT2D eigenvalue weighted by molar-refractivity contribution is 0.666. The number of thiophene rings is 1. The van der Waals surface area contributed by atoms with Crippen molar-refractivity contribution < 1.29 is 0 Å². The SMILES string of the molecule is C=Cc1c(/C=C\C)sc2c(-c3ccc4[nH]c5cc6c7c(n(-c8ccccc8)c6cc5c4c3)-c3ccccc3C7(C)C)cccc12. The summed E-state index contributed by atoms with van der Waals surface area (Å²) in [5.74, 6) is 0. The Kier molecular flexibility index (Phi) is 5.52. The summed E-state index contributed by atoms with van der Waals surface area (Å²) in [5, 5.41) is 5.07. The van der Waals surface area contributed by atoms with E-state index in [1.165, 1.54) is 86.9 Å². The van der Waals surface area contributed by atoms with Crippen molar-refractivity contribution in [1.29, 1.82) is 0 Å². The number of benzene rings is 5. The Balaban J connectivity index is 1.33. The molecule has 1 N–H and O–H groups in total. The van der Waals surface area contributed by atoms with Crippen LogP contribution >= 0.6 is 11.3 Å². The molecule has 45 heavy (non-hydrogen) atoms. The summed E-state index contributed by atoms with van der Waals surface area (Å²) in [6.07, 6.45) is 6.29. The van der Waals surface area contributed by atoms with Crippen molar-refractivity contribution in [2.45, 2.75) is 26.2 Å². The van der Waals surface area contributed by atoms with Crippen molar-refractivity contribution >= 4 is 66.3 Å². The number of nitrogens with zero attached hydrogens (tertiary/aromatic N) is 1. The first kappa shape index (κ1) is 26.3. The van der Waals surface area contributed by atoms with Gasteiger partial charge in [0.25, 0.3) is 0 Å². The average molecular weight is 597 g/mol. The summed E-state index contributed by atoms with van der Waals surface area (Å²) in [6.45, 7) is 10.9. The highest BCUT2D eigenvalue weighted by atomic mass is 32.1. The molecule has 0 saturated heterocycles. The van der Waals surface area contributed by atoms with Gasteiger partial charge in [-0.25, -0.2) is 0 Å². The lowest BCUT2D eigenvalue weighted by atomic mass is 9.81. The molecule has 3 aromatic heterocycles. The summed E-state index contributed by atoms with van der Waals surface area (Å²) in [4.78, 5) is 5.04. The summed E-state index contributed by atoms with van der Waals surface area (Å²) >= 11 is 1.85. The van der Waals surface area contributed by atoms with E-state index < -0.39 is 0 Å². The maximum atomic E-state index is 4.13. The number of fused-ring (bicyclic) bond motifs is 9. The van der Waals surface area contributed by atoms with E-state index in [-0.39, 0.29) is 5.41 Å². The number of hydrogen-bond donors (Lipinski definition) is 1. The van der Waals surface area contributed by atoms with Gasteiger partial charge in [-0.2, -0.15) is 0 Å². The Morgan fingerprint density at radius 1 is 0.756 bits per heavy atom. The number of rotatable bonds is 4. The lowest BCUT2D eigenvalue weighted by Crippen LogP contribution is -2.14. The molecular weight excluding hydrogens is 565 g/mol. The first-order valence-electron chi connectivity index (χ1n) is 15.6. The number of para-hydroxylation sites is 1. The number of H-pyrrole nitrogens is 1. The van der Waals surface area contributed by atoms with Gasteiger partial charge in [0.15, 0.2) is 0 Å². The lowest BCUT2D eigenvalue weighted by Gasteiger charge is -2.21. The van der Waals surface area contributed by atoms with E-state index in [1.807, 2.05) is 17.4 Å². The average Bonchev–Trinajstić information content (AvgIpc) is 3.77. The van der Waals surface area contributed by atoms with E-state index in [4.69, 9.17) is 0 Å². The molecule has 0 atom stereocenters. The molecular formula is C42H32N2S. The second kappa shape index (κ2) is 9.44. The van der Waals surface area contributed by atoms with Gasteiger partial charge in [-0.1, -0.05) is 99.3 Å². The van der Waals surface area contributed by atoms with E-state index in [9.17, 15) is 0 Å². The second-order valence-electron chi connectivity index (χ2n) is 12.6. The van der Waals surface area contributed by atoms with Crippen LogP contribution in [0, 0.1) is 0 Å². The van der Waals surface area contributed by atoms with Crippen molar-refractivity contribution in [3.63, 3.8) is 0 Å². The van der Waals surface area contributed by atoms with Crippen LogP contribution < -0.4 is 0 Å². The number of hydrogen-bond acceptors (Lipinski definition) is 1. The van der Waals surface area contributed by atoms with Gasteiger partial charge in [0.2, 0.25) is 0 Å². The van der Waals surface area contributed by atoms with Crippen LogP contribution in [0.4, 0.5) is 0 Å². The van der Waals surface area contributed by atoms with Gasteiger partial charge in [0.1, 0.15) is 0 Å². The highest BCUT2D eigenvalue weighted by Gasteiger charge is 2.40. The van der Waals surface area contributed by atoms with Crippen LogP contribution in [0.15, 0.2) is 116 Å². The zero-order valence-electron chi connectivity index (χ0n) is 25.6. The number of nitrogens with one attached hydrogen (secondary N) is 1. The summed E-state index contributed by atoms with van der Waals surface area (Å²) in [6, 6.07) is 38.1. The monoisotopic (exact) mass is 596 g/mol. The van der Waals surface area contributed by atoms with Crippen LogP contribution in [0.25, 0.3) is 83.0 Å². The molecule has 0 amide bonds. The molecule has 1 aliphatic carbocycles. The Hall–Kier alpha value is -5.12. The third-order valence-corrected chi connectivity index (χ3v) is 11.0. The van der Waals surface area contributed by atoms with Crippen molar-refractivity contribution in [3.05, 3.63) is 137 Å². The van der Waals surface area contributed by atoms with Crippen LogP contribution in [0.2, 0.25) is 0 Å². The maximum Gasteiger partial charge on any atom is 0.0585 e. The van der Waals surface area contributed by atoms with Crippen molar-refractivity contribution in [3.8, 4) is 28.1 Å². The number of aromatic nitrogens is 2. The molecule has 0 aliphatic heterocycles. The zero-order chi connectivity index (χ0) is 30.4. The van der Waals surface area contributed by atoms with Crippen molar-refractivity contribution in [1.82, 2.24) is 9.55 Å². The largest absolute Gasteiger partial charge is 0.354 e. The van der Waals surface area contributed by atoms with Gasteiger partial charge < -0.3 is 9.55 Å². The van der Waals surface area contributed by atoms with Crippen LogP contribution in [0.3, 0.4) is 0 Å². The summed E-state index contributed by atoms with van der Waals surface area (Å²) < 4.78 is 3.80. The molecule has 1 aliphatic rings. The highest BCUT2D eigenvalue weighted by molar-refractivity contribution is 7.20. The molecule has 0 radical (unpaired) electrons. The first-order chi connectivity index (χ1) is 22.0. The van der Waals surface area contributed by atoms with Crippen molar-refractivity contribution in [2.75, 3.05) is 0 Å². The van der Waals surface area contributed by atoms with E-state index in [0.717, 1.165) is 5.52 Å². The van der Waals surface area contributed by atoms with Gasteiger partial charge in [0.05, 0.1) is 11.2 Å². The van der Waals surface area contributed by atoms with E-state index in [0.29, 0.717) is 0 Å². The van der Waals surface area contributed by atoms with E-state index in [2.05, 4.69) is 152 Å². The fourth-order valence-electron chi connectivity index (χ4n) is 7.82. The van der Waals surface area contributed by atoms with Crippen LogP contribution in [0.5, 0.6) is 0 Å². The van der Waals surface area contributed by atoms with Crippen LogP contribution in [0.1, 0.15) is 42.3 Å². The third-order valence-electron chi connectivity index (χ3n) is 9.80. The minimum atomic E-state index is -0.105. The second-order valence-corrected chi connectivity index (χ2v) is 13.7. The van der Waals surface area contributed by atoms with Gasteiger partial charge in [-0.3, -0.25) is 0 Å². The fraction of sp³-hybridized carbons (Fsp3) is 0.0952. The fourth-order valence-corrected chi connectivity index (χ4v) is 9.13. The summed E-state index contributed by atoms with van der Waals surface area (Å²) in [5.41, 5.74) is 13.8.